The number of carbonyl (C=O) groups is 3. The molecule has 2 atom stereocenters. The fourth-order valence-corrected chi connectivity index (χ4v) is 3.30. The second kappa shape index (κ2) is 11.5. The van der Waals surface area contributed by atoms with Gasteiger partial charge in [-0.1, -0.05) is 68.4 Å². The summed E-state index contributed by atoms with van der Waals surface area (Å²) in [6.07, 6.45) is 0.143. The fraction of sp³-hybridized carbons (Fsp3) is 0.400. The van der Waals surface area contributed by atoms with Crippen LogP contribution in [-0.4, -0.2) is 58.0 Å². The molecular formula is C25H32N2O6. The van der Waals surface area contributed by atoms with Crippen LogP contribution < -0.4 is 5.32 Å². The molecule has 2 rings (SSSR count). The molecule has 33 heavy (non-hydrogen) atoms. The van der Waals surface area contributed by atoms with Gasteiger partial charge in [0.25, 0.3) is 0 Å². The molecule has 0 aliphatic carbocycles. The molecule has 0 fully saturated rings. The molecule has 0 aliphatic rings. The lowest BCUT2D eigenvalue weighted by molar-refractivity contribution is -0.173. The number of amides is 2. The molecule has 0 saturated heterocycles. The Morgan fingerprint density at radius 2 is 1.61 bits per heavy atom. The first-order valence-corrected chi connectivity index (χ1v) is 10.9. The lowest BCUT2D eigenvalue weighted by atomic mass is 10.0. The Bertz CT molecular complexity index is 941. The Kier molecular flexibility index (Phi) is 8.99. The monoisotopic (exact) mass is 456 g/mol. The summed E-state index contributed by atoms with van der Waals surface area (Å²) in [5.41, 5.74) is 0.412. The topological polar surface area (TPSA) is 116 Å². The highest BCUT2D eigenvalue weighted by Gasteiger charge is 2.42. The summed E-state index contributed by atoms with van der Waals surface area (Å²) >= 11 is 0. The van der Waals surface area contributed by atoms with E-state index in [-0.39, 0.29) is 25.5 Å². The SMILES string of the molecule is CCOC(=O)C(Cc1ccc(-c2ccccc2)cc1)NC(=O)N(CC(C)C)C(C)(O)C(=O)O. The minimum absolute atomic E-state index is 0.0214. The van der Waals surface area contributed by atoms with Crippen molar-refractivity contribution in [1.82, 2.24) is 10.2 Å². The molecule has 2 aromatic carbocycles. The number of carbonyl (C=O) groups excluding carboxylic acids is 2. The number of hydrogen-bond donors (Lipinski definition) is 3. The van der Waals surface area contributed by atoms with Crippen LogP contribution in [-0.2, 0) is 20.7 Å². The van der Waals surface area contributed by atoms with E-state index in [1.165, 1.54) is 0 Å². The third kappa shape index (κ3) is 7.05. The van der Waals surface area contributed by atoms with E-state index in [2.05, 4.69) is 5.32 Å². The number of carboxylic acids is 1. The van der Waals surface area contributed by atoms with Gasteiger partial charge in [-0.2, -0.15) is 0 Å². The predicted molar refractivity (Wildman–Crippen MR) is 124 cm³/mol. The maximum absolute atomic E-state index is 13.0. The maximum Gasteiger partial charge on any atom is 0.357 e. The highest BCUT2D eigenvalue weighted by Crippen LogP contribution is 2.20. The van der Waals surface area contributed by atoms with Crippen LogP contribution in [0.3, 0.4) is 0 Å². The van der Waals surface area contributed by atoms with Crippen LogP contribution in [0, 0.1) is 5.92 Å². The molecule has 0 saturated carbocycles. The van der Waals surface area contributed by atoms with Crippen LogP contribution in [0.25, 0.3) is 11.1 Å². The van der Waals surface area contributed by atoms with Gasteiger partial charge in [-0.3, -0.25) is 4.90 Å². The molecule has 8 heteroatoms. The smallest absolute Gasteiger partial charge is 0.357 e. The van der Waals surface area contributed by atoms with Crippen LogP contribution in [0.2, 0.25) is 0 Å². The van der Waals surface area contributed by atoms with E-state index in [1.54, 1.807) is 20.8 Å². The number of nitrogens with one attached hydrogen (secondary N) is 1. The number of carboxylic acid groups (broad SMARTS) is 1. The van der Waals surface area contributed by atoms with Gasteiger partial charge in [-0.05, 0) is 36.5 Å². The molecule has 8 nitrogen and oxygen atoms in total. The highest BCUT2D eigenvalue weighted by molar-refractivity contribution is 5.88. The van der Waals surface area contributed by atoms with Crippen molar-refractivity contribution in [3.63, 3.8) is 0 Å². The quantitative estimate of drug-likeness (QED) is 0.373. The molecule has 0 radical (unpaired) electrons. The fourth-order valence-electron chi connectivity index (χ4n) is 3.30. The molecule has 0 heterocycles. The normalized spacial score (nSPS) is 13.6. The first kappa shape index (κ1) is 25.9. The molecule has 2 amide bonds. The number of aliphatic carboxylic acids is 1. The van der Waals surface area contributed by atoms with E-state index in [0.717, 1.165) is 28.5 Å². The average Bonchev–Trinajstić information content (AvgIpc) is 2.77. The van der Waals surface area contributed by atoms with E-state index in [4.69, 9.17) is 4.74 Å². The lowest BCUT2D eigenvalue weighted by Gasteiger charge is -2.35. The zero-order chi connectivity index (χ0) is 24.6. The molecule has 2 unspecified atom stereocenters. The molecule has 3 N–H and O–H groups in total. The van der Waals surface area contributed by atoms with E-state index >= 15 is 0 Å². The molecule has 0 aliphatic heterocycles. The number of esters is 1. The summed E-state index contributed by atoms with van der Waals surface area (Å²) < 4.78 is 5.11. The number of nitrogens with zero attached hydrogens (tertiary/aromatic N) is 1. The van der Waals surface area contributed by atoms with Crippen molar-refractivity contribution in [2.24, 2.45) is 5.92 Å². The van der Waals surface area contributed by atoms with Crippen LogP contribution in [0.1, 0.15) is 33.3 Å². The third-order valence-electron chi connectivity index (χ3n) is 5.09. The largest absolute Gasteiger partial charge is 0.478 e. The average molecular weight is 457 g/mol. The molecule has 2 aromatic rings. The van der Waals surface area contributed by atoms with Crippen molar-refractivity contribution in [3.8, 4) is 11.1 Å². The molecule has 178 valence electrons. The number of benzene rings is 2. The minimum Gasteiger partial charge on any atom is -0.478 e. The van der Waals surface area contributed by atoms with E-state index < -0.39 is 29.7 Å². The second-order valence-electron chi connectivity index (χ2n) is 8.35. The van der Waals surface area contributed by atoms with Gasteiger partial charge in [0, 0.05) is 13.0 Å². The Morgan fingerprint density at radius 1 is 1.03 bits per heavy atom. The maximum atomic E-state index is 13.0. The lowest BCUT2D eigenvalue weighted by Crippen LogP contribution is -2.61. The first-order chi connectivity index (χ1) is 15.6. The summed E-state index contributed by atoms with van der Waals surface area (Å²) in [5, 5.41) is 22.3. The zero-order valence-electron chi connectivity index (χ0n) is 19.4. The van der Waals surface area contributed by atoms with Crippen molar-refractivity contribution in [2.45, 2.75) is 45.9 Å². The number of hydrogen-bond acceptors (Lipinski definition) is 5. The van der Waals surface area contributed by atoms with Gasteiger partial charge in [-0.25, -0.2) is 14.4 Å². The van der Waals surface area contributed by atoms with Crippen LogP contribution >= 0.6 is 0 Å². The number of ether oxygens (including phenoxy) is 1. The van der Waals surface area contributed by atoms with E-state index in [9.17, 15) is 24.6 Å². The number of urea groups is 1. The van der Waals surface area contributed by atoms with Crippen molar-refractivity contribution >= 4 is 18.0 Å². The van der Waals surface area contributed by atoms with Gasteiger partial charge in [0.05, 0.1) is 6.61 Å². The molecule has 0 bridgehead atoms. The number of rotatable bonds is 10. The van der Waals surface area contributed by atoms with Crippen molar-refractivity contribution in [2.75, 3.05) is 13.2 Å². The summed E-state index contributed by atoms with van der Waals surface area (Å²) in [6.45, 7) is 6.36. The van der Waals surface area contributed by atoms with Crippen molar-refractivity contribution < 1.29 is 29.3 Å². The highest BCUT2D eigenvalue weighted by atomic mass is 16.5. The summed E-state index contributed by atoms with van der Waals surface area (Å²) in [7, 11) is 0. The van der Waals surface area contributed by atoms with Gasteiger partial charge in [-0.15, -0.1) is 0 Å². The van der Waals surface area contributed by atoms with Crippen LogP contribution in [0.4, 0.5) is 4.79 Å². The second-order valence-corrected chi connectivity index (χ2v) is 8.35. The standard InChI is InChI=1S/C25H32N2O6/c1-5-33-22(28)21(26-24(31)27(16-17(2)3)25(4,32)23(29)30)15-18-11-13-20(14-12-18)19-9-7-6-8-10-19/h6-14,17,21,32H,5,15-16H2,1-4H3,(H,26,31)(H,29,30). The minimum atomic E-state index is -2.44. The van der Waals surface area contributed by atoms with Gasteiger partial charge < -0.3 is 20.3 Å². The zero-order valence-corrected chi connectivity index (χ0v) is 19.4. The summed E-state index contributed by atoms with van der Waals surface area (Å²) in [6, 6.07) is 15.5. The Morgan fingerprint density at radius 3 is 2.12 bits per heavy atom. The summed E-state index contributed by atoms with van der Waals surface area (Å²) in [5.74, 6) is -2.33. The Balaban J connectivity index is 2.24. The van der Waals surface area contributed by atoms with Gasteiger partial charge in [0.1, 0.15) is 6.04 Å². The van der Waals surface area contributed by atoms with Gasteiger partial charge in [0.2, 0.25) is 5.72 Å². The van der Waals surface area contributed by atoms with Crippen LogP contribution in [0.5, 0.6) is 0 Å². The third-order valence-corrected chi connectivity index (χ3v) is 5.09. The van der Waals surface area contributed by atoms with Crippen molar-refractivity contribution in [3.05, 3.63) is 60.2 Å². The number of aliphatic hydroxyl groups is 1. The predicted octanol–water partition coefficient (Wildman–Crippen LogP) is 3.29. The Hall–Kier alpha value is -3.39. The van der Waals surface area contributed by atoms with Gasteiger partial charge in [0.15, 0.2) is 0 Å². The Labute approximate surface area is 194 Å². The van der Waals surface area contributed by atoms with E-state index in [1.807, 2.05) is 54.6 Å². The first-order valence-electron chi connectivity index (χ1n) is 10.9. The molecule has 0 aromatic heterocycles. The summed E-state index contributed by atoms with van der Waals surface area (Å²) in [4.78, 5) is 37.9. The van der Waals surface area contributed by atoms with E-state index in [0.29, 0.717) is 0 Å². The molecular weight excluding hydrogens is 424 g/mol. The van der Waals surface area contributed by atoms with Crippen molar-refractivity contribution in [1.29, 1.82) is 0 Å². The molecule has 0 spiro atoms. The van der Waals surface area contributed by atoms with Gasteiger partial charge >= 0.3 is 18.0 Å². The van der Waals surface area contributed by atoms with Crippen LogP contribution in [0.15, 0.2) is 54.6 Å².